The van der Waals surface area contributed by atoms with E-state index < -0.39 is 11.8 Å². The largest absolute Gasteiger partial charge is 0.478 e. The number of halogens is 1. The first kappa shape index (κ1) is 12.4. The first-order valence-corrected chi connectivity index (χ1v) is 6.67. The fraction of sp³-hybridized carbons (Fsp3) is 0.500. The van der Waals surface area contributed by atoms with Gasteiger partial charge in [0.15, 0.2) is 5.82 Å². The van der Waals surface area contributed by atoms with Crippen molar-refractivity contribution < 1.29 is 14.3 Å². The maximum Gasteiger partial charge on any atom is 0.338 e. The summed E-state index contributed by atoms with van der Waals surface area (Å²) >= 11 is 0. The Balaban J connectivity index is 1.86. The number of benzene rings is 1. The van der Waals surface area contributed by atoms with Gasteiger partial charge in [-0.2, -0.15) is 0 Å². The summed E-state index contributed by atoms with van der Waals surface area (Å²) in [5.74, 6) is -1.82. The number of hydrogen-bond donors (Lipinski definition) is 1. The number of carboxylic acids is 1. The number of carboxylic acid groups (broad SMARTS) is 1. The molecule has 19 heavy (non-hydrogen) atoms. The molecule has 2 aliphatic rings. The molecular weight excluding hydrogens is 247 g/mol. The zero-order valence-corrected chi connectivity index (χ0v) is 10.7. The highest BCUT2D eigenvalue weighted by Gasteiger charge is 2.31. The van der Waals surface area contributed by atoms with Crippen LogP contribution in [0, 0.1) is 5.82 Å². The minimum Gasteiger partial charge on any atom is -0.478 e. The highest BCUT2D eigenvalue weighted by Crippen LogP contribution is 2.28. The molecule has 2 aliphatic heterocycles. The smallest absolute Gasteiger partial charge is 0.338 e. The van der Waals surface area contributed by atoms with Crippen LogP contribution < -0.4 is 4.90 Å². The second kappa shape index (κ2) is 4.81. The number of fused-ring (bicyclic) bond motifs is 1. The van der Waals surface area contributed by atoms with Gasteiger partial charge in [0.1, 0.15) is 0 Å². The van der Waals surface area contributed by atoms with Crippen LogP contribution in [0.3, 0.4) is 0 Å². The van der Waals surface area contributed by atoms with E-state index in [0.717, 1.165) is 32.6 Å². The summed E-state index contributed by atoms with van der Waals surface area (Å²) in [6, 6.07) is 5.09. The van der Waals surface area contributed by atoms with Crippen molar-refractivity contribution in [2.75, 3.05) is 31.1 Å². The number of hydrogen-bond acceptors (Lipinski definition) is 3. The van der Waals surface area contributed by atoms with Gasteiger partial charge in [-0.05, 0) is 31.5 Å². The van der Waals surface area contributed by atoms with E-state index in [1.807, 2.05) is 4.90 Å². The maximum atomic E-state index is 14.2. The molecule has 0 aromatic heterocycles. The standard InChI is InChI=1S/C14H17FN2O2/c15-13-11(14(18)19)4-1-5-12(13)17-8-7-16-6-2-3-10(16)9-17/h1,4-5,10H,2-3,6-9H2,(H,18,19)/t10-/m0/s1. The van der Waals surface area contributed by atoms with Crippen LogP contribution in [-0.2, 0) is 0 Å². The molecule has 0 bridgehead atoms. The van der Waals surface area contributed by atoms with Crippen LogP contribution in [0.25, 0.3) is 0 Å². The van der Waals surface area contributed by atoms with Gasteiger partial charge >= 0.3 is 5.97 Å². The van der Waals surface area contributed by atoms with Crippen LogP contribution in [0.5, 0.6) is 0 Å². The van der Waals surface area contributed by atoms with Crippen molar-refractivity contribution in [2.24, 2.45) is 0 Å². The Morgan fingerprint density at radius 2 is 2.16 bits per heavy atom. The molecular formula is C14H17FN2O2. The SMILES string of the molecule is O=C(O)c1cccc(N2CCN3CCC[C@H]3C2)c1F. The molecule has 5 heteroatoms. The lowest BCUT2D eigenvalue weighted by Gasteiger charge is -2.39. The fourth-order valence-corrected chi connectivity index (χ4v) is 3.14. The van der Waals surface area contributed by atoms with E-state index in [2.05, 4.69) is 4.90 Å². The quantitative estimate of drug-likeness (QED) is 0.884. The third-order valence-electron chi connectivity index (χ3n) is 4.14. The van der Waals surface area contributed by atoms with Crippen molar-refractivity contribution in [3.63, 3.8) is 0 Å². The second-order valence-corrected chi connectivity index (χ2v) is 5.22. The minimum absolute atomic E-state index is 0.244. The van der Waals surface area contributed by atoms with Crippen LogP contribution in [0.4, 0.5) is 10.1 Å². The molecule has 0 spiro atoms. The van der Waals surface area contributed by atoms with Gasteiger partial charge in [0.25, 0.3) is 0 Å². The summed E-state index contributed by atoms with van der Waals surface area (Å²) in [5, 5.41) is 8.97. The van der Waals surface area contributed by atoms with E-state index in [0.29, 0.717) is 11.7 Å². The van der Waals surface area contributed by atoms with Crippen molar-refractivity contribution in [1.82, 2.24) is 4.90 Å². The molecule has 1 N–H and O–H groups in total. The van der Waals surface area contributed by atoms with Crippen LogP contribution >= 0.6 is 0 Å². The first-order chi connectivity index (χ1) is 9.16. The third-order valence-corrected chi connectivity index (χ3v) is 4.14. The van der Waals surface area contributed by atoms with Gasteiger partial charge in [-0.1, -0.05) is 6.07 Å². The van der Waals surface area contributed by atoms with Crippen molar-refractivity contribution in [1.29, 1.82) is 0 Å². The Hall–Kier alpha value is -1.62. The number of carbonyl (C=O) groups is 1. The summed E-state index contributed by atoms with van der Waals surface area (Å²) < 4.78 is 14.2. The van der Waals surface area contributed by atoms with Crippen LogP contribution in [-0.4, -0.2) is 48.2 Å². The molecule has 1 atom stereocenters. The first-order valence-electron chi connectivity index (χ1n) is 6.67. The van der Waals surface area contributed by atoms with Crippen molar-refractivity contribution >= 4 is 11.7 Å². The van der Waals surface area contributed by atoms with Gasteiger partial charge < -0.3 is 10.0 Å². The lowest BCUT2D eigenvalue weighted by atomic mass is 10.1. The van der Waals surface area contributed by atoms with E-state index in [1.54, 1.807) is 12.1 Å². The topological polar surface area (TPSA) is 43.8 Å². The molecule has 3 rings (SSSR count). The molecule has 0 amide bonds. The van der Waals surface area contributed by atoms with Crippen molar-refractivity contribution in [3.05, 3.63) is 29.6 Å². The summed E-state index contributed by atoms with van der Waals surface area (Å²) in [4.78, 5) is 15.4. The number of rotatable bonds is 2. The Kier molecular flexibility index (Phi) is 3.14. The summed E-state index contributed by atoms with van der Waals surface area (Å²) in [6.45, 7) is 3.62. The highest BCUT2D eigenvalue weighted by molar-refractivity contribution is 5.89. The summed E-state index contributed by atoms with van der Waals surface area (Å²) in [5.41, 5.74) is 0.179. The maximum absolute atomic E-state index is 14.2. The Morgan fingerprint density at radius 3 is 2.95 bits per heavy atom. The zero-order valence-electron chi connectivity index (χ0n) is 10.7. The summed E-state index contributed by atoms with van der Waals surface area (Å²) in [6.07, 6.45) is 2.35. The van der Waals surface area contributed by atoms with Gasteiger partial charge in [0.05, 0.1) is 11.3 Å². The van der Waals surface area contributed by atoms with Gasteiger partial charge in [0, 0.05) is 25.7 Å². The molecule has 1 aromatic rings. The Bertz CT molecular complexity index is 506. The minimum atomic E-state index is -1.21. The van der Waals surface area contributed by atoms with Crippen LogP contribution in [0.15, 0.2) is 18.2 Å². The molecule has 0 saturated carbocycles. The predicted molar refractivity (Wildman–Crippen MR) is 70.2 cm³/mol. The normalized spacial score (nSPS) is 23.4. The van der Waals surface area contributed by atoms with Crippen molar-refractivity contribution in [2.45, 2.75) is 18.9 Å². The lowest BCUT2D eigenvalue weighted by molar-refractivity contribution is 0.0692. The summed E-state index contributed by atoms with van der Waals surface area (Å²) in [7, 11) is 0. The molecule has 2 saturated heterocycles. The van der Waals surface area contributed by atoms with Gasteiger partial charge in [0.2, 0.25) is 0 Å². The molecule has 0 radical (unpaired) electrons. The monoisotopic (exact) mass is 264 g/mol. The van der Waals surface area contributed by atoms with Gasteiger partial charge in [-0.15, -0.1) is 0 Å². The average Bonchev–Trinajstić information content (AvgIpc) is 2.85. The number of aromatic carboxylic acids is 1. The van der Waals surface area contributed by atoms with E-state index in [1.165, 1.54) is 12.5 Å². The number of piperazine rings is 1. The molecule has 102 valence electrons. The molecule has 2 heterocycles. The molecule has 2 fully saturated rings. The average molecular weight is 264 g/mol. The third kappa shape index (κ3) is 2.18. The second-order valence-electron chi connectivity index (χ2n) is 5.22. The van der Waals surface area contributed by atoms with Crippen LogP contribution in [0.1, 0.15) is 23.2 Å². The fourth-order valence-electron chi connectivity index (χ4n) is 3.14. The van der Waals surface area contributed by atoms with Gasteiger partial charge in [-0.3, -0.25) is 4.90 Å². The zero-order chi connectivity index (χ0) is 13.4. The van der Waals surface area contributed by atoms with Gasteiger partial charge in [-0.25, -0.2) is 9.18 Å². The van der Waals surface area contributed by atoms with E-state index in [9.17, 15) is 9.18 Å². The number of nitrogens with zero attached hydrogens (tertiary/aromatic N) is 2. The Labute approximate surface area is 111 Å². The van der Waals surface area contributed by atoms with Crippen molar-refractivity contribution in [3.8, 4) is 0 Å². The predicted octanol–water partition coefficient (Wildman–Crippen LogP) is 1.81. The molecule has 0 aliphatic carbocycles. The van der Waals surface area contributed by atoms with E-state index in [-0.39, 0.29) is 5.56 Å². The molecule has 1 aromatic carbocycles. The van der Waals surface area contributed by atoms with E-state index >= 15 is 0 Å². The van der Waals surface area contributed by atoms with Crippen LogP contribution in [0.2, 0.25) is 0 Å². The highest BCUT2D eigenvalue weighted by atomic mass is 19.1. The molecule has 4 nitrogen and oxygen atoms in total. The molecule has 0 unspecified atom stereocenters. The number of anilines is 1. The van der Waals surface area contributed by atoms with E-state index in [4.69, 9.17) is 5.11 Å². The Morgan fingerprint density at radius 1 is 1.32 bits per heavy atom. The lowest BCUT2D eigenvalue weighted by Crippen LogP contribution is -2.50.